The van der Waals surface area contributed by atoms with Gasteiger partial charge in [0.15, 0.2) is 0 Å². The Bertz CT molecular complexity index is 494. The molecule has 1 heterocycles. The highest BCUT2D eigenvalue weighted by atomic mass is 15.1. The molecule has 2 rings (SSSR count). The van der Waals surface area contributed by atoms with Crippen LogP contribution in [-0.4, -0.2) is 9.55 Å². The lowest BCUT2D eigenvalue weighted by Crippen LogP contribution is -2.00. The van der Waals surface area contributed by atoms with Crippen molar-refractivity contribution in [3.8, 4) is 0 Å². The molecule has 1 aromatic heterocycles. The lowest BCUT2D eigenvalue weighted by molar-refractivity contribution is 0.787. The van der Waals surface area contributed by atoms with Gasteiger partial charge in [0, 0.05) is 13.0 Å². The number of para-hydroxylation sites is 2. The van der Waals surface area contributed by atoms with Gasteiger partial charge in [0.25, 0.3) is 0 Å². The first-order chi connectivity index (χ1) is 7.36. The van der Waals surface area contributed by atoms with Crippen LogP contribution in [0.3, 0.4) is 0 Å². The molecule has 0 aliphatic heterocycles. The fourth-order valence-corrected chi connectivity index (χ4v) is 1.74. The van der Waals surface area contributed by atoms with E-state index in [0.717, 1.165) is 29.8 Å². The number of nitrogens with zero attached hydrogens (tertiary/aromatic N) is 2. The third-order valence-corrected chi connectivity index (χ3v) is 2.37. The molecule has 0 atom stereocenters. The molecule has 1 aromatic carbocycles. The second-order valence-corrected chi connectivity index (χ2v) is 3.41. The van der Waals surface area contributed by atoms with Gasteiger partial charge in [0.2, 0.25) is 0 Å². The molecule has 0 N–H and O–H groups in total. The molecule has 0 unspecified atom stereocenters. The van der Waals surface area contributed by atoms with E-state index < -0.39 is 0 Å². The van der Waals surface area contributed by atoms with Gasteiger partial charge in [-0.2, -0.15) is 0 Å². The van der Waals surface area contributed by atoms with Crippen molar-refractivity contribution in [2.75, 3.05) is 0 Å². The third kappa shape index (κ3) is 1.71. The van der Waals surface area contributed by atoms with Crippen LogP contribution < -0.4 is 0 Å². The van der Waals surface area contributed by atoms with Crippen LogP contribution in [0, 0.1) is 0 Å². The van der Waals surface area contributed by atoms with Crippen LogP contribution in [0.4, 0.5) is 0 Å². The van der Waals surface area contributed by atoms with Gasteiger partial charge in [0.05, 0.1) is 11.0 Å². The standard InChI is InChI=1S/C13H14N2/c1-3-7-13-14-11-8-5-6-9-12(11)15(13)10-4-2/h3-6,8-9H,1-2,7,10H2. The van der Waals surface area contributed by atoms with Crippen molar-refractivity contribution < 1.29 is 0 Å². The van der Waals surface area contributed by atoms with Crippen molar-refractivity contribution in [1.82, 2.24) is 9.55 Å². The Morgan fingerprint density at radius 2 is 2.00 bits per heavy atom. The highest BCUT2D eigenvalue weighted by Gasteiger charge is 2.06. The van der Waals surface area contributed by atoms with E-state index in [9.17, 15) is 0 Å². The first-order valence-electron chi connectivity index (χ1n) is 5.02. The van der Waals surface area contributed by atoms with E-state index in [0.29, 0.717) is 0 Å². The zero-order chi connectivity index (χ0) is 10.7. The Kier molecular flexibility index (Phi) is 2.68. The predicted octanol–water partition coefficient (Wildman–Crippen LogP) is 2.95. The van der Waals surface area contributed by atoms with Gasteiger partial charge in [-0.1, -0.05) is 24.3 Å². The zero-order valence-corrected chi connectivity index (χ0v) is 8.69. The first-order valence-corrected chi connectivity index (χ1v) is 5.02. The summed E-state index contributed by atoms with van der Waals surface area (Å²) in [6.45, 7) is 8.31. The van der Waals surface area contributed by atoms with Gasteiger partial charge in [-0.3, -0.25) is 0 Å². The Morgan fingerprint density at radius 1 is 1.20 bits per heavy atom. The van der Waals surface area contributed by atoms with Crippen molar-refractivity contribution in [1.29, 1.82) is 0 Å². The molecule has 15 heavy (non-hydrogen) atoms. The summed E-state index contributed by atoms with van der Waals surface area (Å²) < 4.78 is 2.17. The van der Waals surface area contributed by atoms with E-state index >= 15 is 0 Å². The van der Waals surface area contributed by atoms with Gasteiger partial charge in [-0.05, 0) is 12.1 Å². The van der Waals surface area contributed by atoms with Gasteiger partial charge < -0.3 is 4.57 Å². The summed E-state index contributed by atoms with van der Waals surface area (Å²) >= 11 is 0. The number of fused-ring (bicyclic) bond motifs is 1. The van der Waals surface area contributed by atoms with Gasteiger partial charge in [-0.25, -0.2) is 4.98 Å². The summed E-state index contributed by atoms with van der Waals surface area (Å²) in [5, 5.41) is 0. The summed E-state index contributed by atoms with van der Waals surface area (Å²) in [5.74, 6) is 1.05. The van der Waals surface area contributed by atoms with E-state index in [1.165, 1.54) is 0 Å². The maximum absolute atomic E-state index is 4.56. The van der Waals surface area contributed by atoms with Crippen molar-refractivity contribution in [2.24, 2.45) is 0 Å². The number of rotatable bonds is 4. The molecule has 0 amide bonds. The smallest absolute Gasteiger partial charge is 0.113 e. The highest BCUT2D eigenvalue weighted by molar-refractivity contribution is 5.76. The fraction of sp³-hybridized carbons (Fsp3) is 0.154. The Balaban J connectivity index is 2.62. The molecule has 0 saturated heterocycles. The second kappa shape index (κ2) is 4.13. The maximum Gasteiger partial charge on any atom is 0.113 e. The Hall–Kier alpha value is -1.83. The molecule has 0 aliphatic carbocycles. The van der Waals surface area contributed by atoms with Gasteiger partial charge in [-0.15, -0.1) is 13.2 Å². The van der Waals surface area contributed by atoms with E-state index in [1.54, 1.807) is 0 Å². The highest BCUT2D eigenvalue weighted by Crippen LogP contribution is 2.16. The van der Waals surface area contributed by atoms with Crippen molar-refractivity contribution >= 4 is 11.0 Å². The number of benzene rings is 1. The average molecular weight is 198 g/mol. The molecule has 0 saturated carbocycles. The predicted molar refractivity (Wildman–Crippen MR) is 63.8 cm³/mol. The summed E-state index contributed by atoms with van der Waals surface area (Å²) in [7, 11) is 0. The molecule has 76 valence electrons. The Morgan fingerprint density at radius 3 is 2.73 bits per heavy atom. The Labute approximate surface area is 89.6 Å². The fourth-order valence-electron chi connectivity index (χ4n) is 1.74. The molecule has 2 nitrogen and oxygen atoms in total. The van der Waals surface area contributed by atoms with Crippen LogP contribution in [0.15, 0.2) is 49.6 Å². The number of imidazole rings is 1. The lowest BCUT2D eigenvalue weighted by Gasteiger charge is -2.03. The minimum Gasteiger partial charge on any atom is -0.324 e. The maximum atomic E-state index is 4.56. The lowest BCUT2D eigenvalue weighted by atomic mass is 10.3. The van der Waals surface area contributed by atoms with Crippen LogP contribution in [0.25, 0.3) is 11.0 Å². The topological polar surface area (TPSA) is 17.8 Å². The normalized spacial score (nSPS) is 10.4. The monoisotopic (exact) mass is 198 g/mol. The minimum absolute atomic E-state index is 0.794. The van der Waals surface area contributed by atoms with Crippen LogP contribution >= 0.6 is 0 Å². The van der Waals surface area contributed by atoms with Crippen molar-refractivity contribution in [3.63, 3.8) is 0 Å². The van der Waals surface area contributed by atoms with Gasteiger partial charge in [0.1, 0.15) is 5.82 Å². The molecule has 0 radical (unpaired) electrons. The quantitative estimate of drug-likeness (QED) is 0.691. The van der Waals surface area contributed by atoms with Crippen molar-refractivity contribution in [3.05, 3.63) is 55.4 Å². The molecule has 0 bridgehead atoms. The van der Waals surface area contributed by atoms with Gasteiger partial charge >= 0.3 is 0 Å². The molecule has 0 aliphatic rings. The molecular formula is C13H14N2. The number of hydrogen-bond donors (Lipinski definition) is 0. The second-order valence-electron chi connectivity index (χ2n) is 3.41. The van der Waals surface area contributed by atoms with Crippen LogP contribution in [0.2, 0.25) is 0 Å². The number of aromatic nitrogens is 2. The molecule has 2 heteroatoms. The molecular weight excluding hydrogens is 184 g/mol. The van der Waals surface area contributed by atoms with E-state index in [2.05, 4.69) is 28.8 Å². The largest absolute Gasteiger partial charge is 0.324 e. The molecule has 0 spiro atoms. The molecule has 2 aromatic rings. The van der Waals surface area contributed by atoms with E-state index in [-0.39, 0.29) is 0 Å². The summed E-state index contributed by atoms with van der Waals surface area (Å²) in [6.07, 6.45) is 4.56. The van der Waals surface area contributed by atoms with E-state index in [1.807, 2.05) is 30.4 Å². The van der Waals surface area contributed by atoms with Crippen LogP contribution in [0.5, 0.6) is 0 Å². The summed E-state index contributed by atoms with van der Waals surface area (Å²) in [6, 6.07) is 8.15. The third-order valence-electron chi connectivity index (χ3n) is 2.37. The summed E-state index contributed by atoms with van der Waals surface area (Å²) in [5.41, 5.74) is 2.20. The minimum atomic E-state index is 0.794. The summed E-state index contributed by atoms with van der Waals surface area (Å²) in [4.78, 5) is 4.56. The van der Waals surface area contributed by atoms with Crippen LogP contribution in [0.1, 0.15) is 5.82 Å². The SMILES string of the molecule is C=CCc1nc2ccccc2n1CC=C. The average Bonchev–Trinajstić information content (AvgIpc) is 2.59. The first kappa shape index (κ1) is 9.71. The zero-order valence-electron chi connectivity index (χ0n) is 8.69. The van der Waals surface area contributed by atoms with Crippen LogP contribution in [-0.2, 0) is 13.0 Å². The molecule has 0 fully saturated rings. The number of allylic oxidation sites excluding steroid dienone is 2. The van der Waals surface area contributed by atoms with Crippen molar-refractivity contribution in [2.45, 2.75) is 13.0 Å². The van der Waals surface area contributed by atoms with E-state index in [4.69, 9.17) is 0 Å². The number of hydrogen-bond acceptors (Lipinski definition) is 1.